The molecule has 3 nitrogen and oxygen atoms in total. The number of benzene rings is 7. The number of aromatic nitrogens is 2. The number of hydrogen-bond acceptors (Lipinski definition) is 2. The van der Waals surface area contributed by atoms with Crippen molar-refractivity contribution in [1.29, 1.82) is 0 Å². The van der Waals surface area contributed by atoms with E-state index in [-0.39, 0.29) is 0 Å². The van der Waals surface area contributed by atoms with Gasteiger partial charge in [-0.05, 0) is 48.5 Å². The van der Waals surface area contributed by atoms with Crippen LogP contribution in [0.25, 0.3) is 97.1 Å². The molecule has 0 aliphatic heterocycles. The Morgan fingerprint density at radius 3 is 1.93 bits per heavy atom. The molecule has 0 bridgehead atoms. The fourth-order valence-electron chi connectivity index (χ4n) is 7.78. The largest absolute Gasteiger partial charge is 0.454 e. The molecule has 0 saturated heterocycles. The van der Waals surface area contributed by atoms with Gasteiger partial charge in [0.25, 0.3) is 0 Å². The Kier molecular flexibility index (Phi) is 4.72. The van der Waals surface area contributed by atoms with Gasteiger partial charge in [-0.15, -0.1) is 11.3 Å². The van der Waals surface area contributed by atoms with Gasteiger partial charge in [-0.3, -0.25) is 0 Å². The monoisotopic (exact) mass is 604 g/mol. The minimum atomic E-state index is 0.904. The van der Waals surface area contributed by atoms with E-state index in [1.807, 2.05) is 17.4 Å². The van der Waals surface area contributed by atoms with Crippen molar-refractivity contribution in [2.75, 3.05) is 0 Å². The lowest BCUT2D eigenvalue weighted by Gasteiger charge is -2.11. The standard InChI is InChI=1S/C42H24N2OS/c1-5-15-33-26(10-1)27-11-2-6-16-34(27)43(33)25-20-21-32-37(24-25)44(36-17-9-14-30-28-12-3-7-18-38(28)45-41(30)36)35-23-22-31-29-13-4-8-19-39(29)46-42(31)40(32)35/h1-24H. The summed E-state index contributed by atoms with van der Waals surface area (Å²) in [6, 6.07) is 52.7. The summed E-state index contributed by atoms with van der Waals surface area (Å²) in [7, 11) is 0. The van der Waals surface area contributed by atoms with Gasteiger partial charge in [-0.2, -0.15) is 0 Å². The maximum absolute atomic E-state index is 6.64. The van der Waals surface area contributed by atoms with Gasteiger partial charge in [-0.25, -0.2) is 0 Å². The summed E-state index contributed by atoms with van der Waals surface area (Å²) in [4.78, 5) is 0. The van der Waals surface area contributed by atoms with E-state index in [1.54, 1.807) is 0 Å². The first-order valence-corrected chi connectivity index (χ1v) is 16.4. The van der Waals surface area contributed by atoms with Gasteiger partial charge < -0.3 is 13.6 Å². The third-order valence-corrected chi connectivity index (χ3v) is 10.9. The summed E-state index contributed by atoms with van der Waals surface area (Å²) in [5.41, 5.74) is 8.75. The van der Waals surface area contributed by atoms with E-state index < -0.39 is 0 Å². The van der Waals surface area contributed by atoms with Gasteiger partial charge >= 0.3 is 0 Å². The van der Waals surface area contributed by atoms with Crippen molar-refractivity contribution in [2.24, 2.45) is 0 Å². The molecule has 214 valence electrons. The Labute approximate surface area is 266 Å². The zero-order valence-corrected chi connectivity index (χ0v) is 25.4. The molecule has 0 atom stereocenters. The maximum atomic E-state index is 6.64. The lowest BCUT2D eigenvalue weighted by atomic mass is 10.1. The Morgan fingerprint density at radius 2 is 1.11 bits per heavy atom. The highest BCUT2D eigenvalue weighted by Crippen LogP contribution is 2.45. The van der Waals surface area contributed by atoms with Crippen LogP contribution < -0.4 is 0 Å². The minimum Gasteiger partial charge on any atom is -0.454 e. The topological polar surface area (TPSA) is 23.0 Å². The third kappa shape index (κ3) is 3.11. The minimum absolute atomic E-state index is 0.904. The first-order valence-electron chi connectivity index (χ1n) is 15.6. The maximum Gasteiger partial charge on any atom is 0.159 e. The number of hydrogen-bond donors (Lipinski definition) is 0. The molecule has 0 N–H and O–H groups in total. The van der Waals surface area contributed by atoms with E-state index in [0.717, 1.165) is 38.8 Å². The van der Waals surface area contributed by atoms with Crippen LogP contribution in [0.15, 0.2) is 150 Å². The van der Waals surface area contributed by atoms with E-state index in [9.17, 15) is 0 Å². The van der Waals surface area contributed by atoms with Gasteiger partial charge in [0.2, 0.25) is 0 Å². The summed E-state index contributed by atoms with van der Waals surface area (Å²) < 4.78 is 14.1. The molecule has 11 rings (SSSR count). The molecule has 0 fully saturated rings. The van der Waals surface area contributed by atoms with Crippen molar-refractivity contribution < 1.29 is 4.42 Å². The van der Waals surface area contributed by atoms with E-state index in [4.69, 9.17) is 4.42 Å². The van der Waals surface area contributed by atoms with Crippen LogP contribution in [0.2, 0.25) is 0 Å². The van der Waals surface area contributed by atoms with E-state index >= 15 is 0 Å². The molecular weight excluding hydrogens is 581 g/mol. The molecule has 0 spiro atoms. The van der Waals surface area contributed by atoms with Crippen LogP contribution in [0.5, 0.6) is 0 Å². The SMILES string of the molecule is c1ccc2c(c1)oc1c(-n3c4cc(-n5c6ccccc6c6ccccc65)ccc4c4c5sc6ccccc6c5ccc43)cccc12. The fourth-order valence-corrected chi connectivity index (χ4v) is 9.04. The average molecular weight is 605 g/mol. The summed E-state index contributed by atoms with van der Waals surface area (Å²) in [6.45, 7) is 0. The lowest BCUT2D eigenvalue weighted by Crippen LogP contribution is -1.97. The first kappa shape index (κ1) is 24.5. The number of rotatable bonds is 2. The molecule has 4 heterocycles. The zero-order chi connectivity index (χ0) is 29.9. The van der Waals surface area contributed by atoms with E-state index in [2.05, 4.69) is 149 Å². The number of thiophene rings is 1. The van der Waals surface area contributed by atoms with Crippen LogP contribution in [0.1, 0.15) is 0 Å². The molecule has 0 amide bonds. The number of nitrogens with zero attached hydrogens (tertiary/aromatic N) is 2. The van der Waals surface area contributed by atoms with Gasteiger partial charge in [0, 0.05) is 58.2 Å². The van der Waals surface area contributed by atoms with Crippen LogP contribution in [-0.2, 0) is 0 Å². The summed E-state index contributed by atoms with van der Waals surface area (Å²) >= 11 is 1.89. The highest BCUT2D eigenvalue weighted by Gasteiger charge is 2.22. The predicted molar refractivity (Wildman–Crippen MR) is 195 cm³/mol. The highest BCUT2D eigenvalue weighted by molar-refractivity contribution is 7.26. The van der Waals surface area contributed by atoms with Crippen molar-refractivity contribution in [2.45, 2.75) is 0 Å². The summed E-state index contributed by atoms with van der Waals surface area (Å²) in [5.74, 6) is 0. The number of furan rings is 1. The lowest BCUT2D eigenvalue weighted by molar-refractivity contribution is 0.666. The van der Waals surface area contributed by atoms with E-state index in [1.165, 1.54) is 58.3 Å². The molecule has 4 heteroatoms. The zero-order valence-electron chi connectivity index (χ0n) is 24.6. The van der Waals surface area contributed by atoms with Crippen LogP contribution >= 0.6 is 11.3 Å². The third-order valence-electron chi connectivity index (χ3n) is 9.72. The molecule has 46 heavy (non-hydrogen) atoms. The van der Waals surface area contributed by atoms with Crippen molar-refractivity contribution in [3.63, 3.8) is 0 Å². The Morgan fingerprint density at radius 1 is 0.435 bits per heavy atom. The average Bonchev–Trinajstić information content (AvgIpc) is 3.85. The van der Waals surface area contributed by atoms with Gasteiger partial charge in [0.1, 0.15) is 5.58 Å². The molecule has 0 saturated carbocycles. The van der Waals surface area contributed by atoms with Crippen LogP contribution in [-0.4, -0.2) is 9.13 Å². The molecular formula is C42H24N2OS. The van der Waals surface area contributed by atoms with Gasteiger partial charge in [0.05, 0.1) is 27.8 Å². The van der Waals surface area contributed by atoms with Gasteiger partial charge in [-0.1, -0.05) is 97.1 Å². The number of para-hydroxylation sites is 4. The summed E-state index contributed by atoms with van der Waals surface area (Å²) in [5, 5.41) is 9.94. The van der Waals surface area contributed by atoms with Crippen molar-refractivity contribution in [3.8, 4) is 11.4 Å². The van der Waals surface area contributed by atoms with Crippen molar-refractivity contribution >= 4 is 97.1 Å². The van der Waals surface area contributed by atoms with Crippen LogP contribution in [0.4, 0.5) is 0 Å². The fraction of sp³-hybridized carbons (Fsp3) is 0. The normalized spacial score (nSPS) is 12.3. The Bertz CT molecular complexity index is 2990. The number of fused-ring (bicyclic) bond motifs is 13. The molecule has 0 aliphatic rings. The van der Waals surface area contributed by atoms with Crippen molar-refractivity contribution in [3.05, 3.63) is 146 Å². The molecule has 11 aromatic rings. The molecule has 7 aromatic carbocycles. The predicted octanol–water partition coefficient (Wildman–Crippen LogP) is 12.1. The second kappa shape index (κ2) is 8.87. The summed E-state index contributed by atoms with van der Waals surface area (Å²) in [6.07, 6.45) is 0. The smallest absolute Gasteiger partial charge is 0.159 e. The van der Waals surface area contributed by atoms with E-state index in [0.29, 0.717) is 0 Å². The second-order valence-electron chi connectivity index (χ2n) is 12.1. The Balaban J connectivity index is 1.32. The highest BCUT2D eigenvalue weighted by atomic mass is 32.1. The molecule has 0 aliphatic carbocycles. The Hall–Kier alpha value is -5.84. The second-order valence-corrected chi connectivity index (χ2v) is 13.1. The van der Waals surface area contributed by atoms with Crippen molar-refractivity contribution in [1.82, 2.24) is 9.13 Å². The quantitative estimate of drug-likeness (QED) is 0.192. The molecule has 0 radical (unpaired) electrons. The van der Waals surface area contributed by atoms with Gasteiger partial charge in [0.15, 0.2) is 5.58 Å². The molecule has 4 aromatic heterocycles. The van der Waals surface area contributed by atoms with Crippen LogP contribution in [0, 0.1) is 0 Å². The molecule has 0 unspecified atom stereocenters. The van der Waals surface area contributed by atoms with Crippen LogP contribution in [0.3, 0.4) is 0 Å². The first-order chi connectivity index (χ1) is 22.8.